The topological polar surface area (TPSA) is 63.1 Å². The molecule has 6 nitrogen and oxygen atoms in total. The highest BCUT2D eigenvalue weighted by atomic mass is 16.5. The fourth-order valence-electron chi connectivity index (χ4n) is 3.40. The second-order valence-electron chi connectivity index (χ2n) is 7.37. The molecule has 2 aromatic rings. The number of carbonyl (C=O) groups excluding carboxylic acids is 2. The number of hydrogen-bond donors (Lipinski definition) is 2. The number of ether oxygens (including phenoxy) is 1. The quantitative estimate of drug-likeness (QED) is 0.668. The van der Waals surface area contributed by atoms with E-state index < -0.39 is 0 Å². The number of para-hydroxylation sites is 1. The molecule has 1 fully saturated rings. The van der Waals surface area contributed by atoms with Crippen molar-refractivity contribution < 1.29 is 19.2 Å². The first-order valence-corrected chi connectivity index (χ1v) is 10.4. The van der Waals surface area contributed by atoms with Gasteiger partial charge in [0.25, 0.3) is 11.8 Å². The summed E-state index contributed by atoms with van der Waals surface area (Å²) in [4.78, 5) is 28.0. The molecule has 0 unspecified atom stereocenters. The van der Waals surface area contributed by atoms with Gasteiger partial charge in [-0.2, -0.15) is 0 Å². The average Bonchev–Trinajstić information content (AvgIpc) is 2.75. The third-order valence-corrected chi connectivity index (χ3v) is 5.08. The van der Waals surface area contributed by atoms with Gasteiger partial charge in [0.05, 0.1) is 26.2 Å². The van der Waals surface area contributed by atoms with Crippen molar-refractivity contribution in [1.82, 2.24) is 10.2 Å². The van der Waals surface area contributed by atoms with E-state index >= 15 is 0 Å². The van der Waals surface area contributed by atoms with Crippen molar-refractivity contribution >= 4 is 11.8 Å². The van der Waals surface area contributed by atoms with Gasteiger partial charge in [0.15, 0.2) is 6.54 Å². The molecule has 0 saturated carbocycles. The number of piperazine rings is 1. The van der Waals surface area contributed by atoms with Crippen LogP contribution >= 0.6 is 0 Å². The Kier molecular flexibility index (Phi) is 7.64. The number of nitrogens with one attached hydrogen (secondary N) is 2. The first-order valence-electron chi connectivity index (χ1n) is 10.4. The lowest BCUT2D eigenvalue weighted by Crippen LogP contribution is -3.15. The summed E-state index contributed by atoms with van der Waals surface area (Å²) in [6, 6.07) is 16.8. The van der Waals surface area contributed by atoms with E-state index in [9.17, 15) is 9.59 Å². The van der Waals surface area contributed by atoms with Gasteiger partial charge in [-0.1, -0.05) is 37.6 Å². The van der Waals surface area contributed by atoms with Crippen LogP contribution in [0.15, 0.2) is 54.6 Å². The maximum absolute atomic E-state index is 12.9. The zero-order valence-electron chi connectivity index (χ0n) is 17.0. The lowest BCUT2D eigenvalue weighted by atomic mass is 10.1. The number of hydrogen-bond acceptors (Lipinski definition) is 3. The summed E-state index contributed by atoms with van der Waals surface area (Å²) in [7, 11) is 0. The Morgan fingerprint density at radius 2 is 1.76 bits per heavy atom. The molecule has 0 bridgehead atoms. The number of carbonyl (C=O) groups is 2. The largest absolute Gasteiger partial charge is 0.457 e. The fourth-order valence-corrected chi connectivity index (χ4v) is 3.40. The summed E-state index contributed by atoms with van der Waals surface area (Å²) in [5.41, 5.74) is 0.624. The summed E-state index contributed by atoms with van der Waals surface area (Å²) in [6.07, 6.45) is 2.09. The summed E-state index contributed by atoms with van der Waals surface area (Å²) < 4.78 is 5.84. The molecule has 1 aliphatic rings. The predicted octanol–water partition coefficient (Wildman–Crippen LogP) is 1.74. The van der Waals surface area contributed by atoms with Gasteiger partial charge in [-0.25, -0.2) is 0 Å². The lowest BCUT2D eigenvalue weighted by molar-refractivity contribution is -0.896. The van der Waals surface area contributed by atoms with Gasteiger partial charge in [-0.05, 0) is 36.8 Å². The van der Waals surface area contributed by atoms with Crippen LogP contribution in [0.2, 0.25) is 0 Å². The van der Waals surface area contributed by atoms with Gasteiger partial charge < -0.3 is 19.9 Å². The van der Waals surface area contributed by atoms with Gasteiger partial charge in [0.1, 0.15) is 11.5 Å². The van der Waals surface area contributed by atoms with Crippen molar-refractivity contribution in [2.45, 2.75) is 19.8 Å². The van der Waals surface area contributed by atoms with Crippen molar-refractivity contribution in [2.24, 2.45) is 0 Å². The van der Waals surface area contributed by atoms with Crippen LogP contribution in [-0.2, 0) is 4.79 Å². The van der Waals surface area contributed by atoms with E-state index in [1.807, 2.05) is 53.4 Å². The summed E-state index contributed by atoms with van der Waals surface area (Å²) in [5, 5.41) is 2.96. The minimum atomic E-state index is 0.00922. The van der Waals surface area contributed by atoms with Crippen molar-refractivity contribution in [3.63, 3.8) is 0 Å². The Labute approximate surface area is 172 Å². The minimum absolute atomic E-state index is 0.00922. The van der Waals surface area contributed by atoms with Crippen LogP contribution in [0.5, 0.6) is 11.5 Å². The first-order chi connectivity index (χ1) is 14.2. The molecule has 3 rings (SSSR count). The zero-order chi connectivity index (χ0) is 20.5. The SMILES string of the molecule is CCCCNC(=O)C[NH+]1CCN(C(=O)c2cccc(Oc3ccccc3)c2)CC1. The minimum Gasteiger partial charge on any atom is -0.457 e. The van der Waals surface area contributed by atoms with Crippen molar-refractivity contribution in [3.8, 4) is 11.5 Å². The highest BCUT2D eigenvalue weighted by Crippen LogP contribution is 2.22. The van der Waals surface area contributed by atoms with Crippen LogP contribution in [0.25, 0.3) is 0 Å². The molecule has 1 heterocycles. The van der Waals surface area contributed by atoms with Crippen LogP contribution in [0.3, 0.4) is 0 Å². The van der Waals surface area contributed by atoms with Gasteiger partial charge in [0.2, 0.25) is 0 Å². The molecule has 2 amide bonds. The van der Waals surface area contributed by atoms with Crippen molar-refractivity contribution in [1.29, 1.82) is 0 Å². The summed E-state index contributed by atoms with van der Waals surface area (Å²) in [5.74, 6) is 1.50. The molecular formula is C23H30N3O3+. The zero-order valence-corrected chi connectivity index (χ0v) is 17.0. The Morgan fingerprint density at radius 3 is 2.48 bits per heavy atom. The third-order valence-electron chi connectivity index (χ3n) is 5.08. The second-order valence-corrected chi connectivity index (χ2v) is 7.37. The van der Waals surface area contributed by atoms with E-state index in [2.05, 4.69) is 12.2 Å². The van der Waals surface area contributed by atoms with Gasteiger partial charge in [-0.15, -0.1) is 0 Å². The average molecular weight is 397 g/mol. The van der Waals surface area contributed by atoms with Gasteiger partial charge in [-0.3, -0.25) is 9.59 Å². The molecule has 154 valence electrons. The number of unbranched alkanes of at least 4 members (excludes halogenated alkanes) is 1. The molecule has 2 N–H and O–H groups in total. The molecule has 2 aromatic carbocycles. The van der Waals surface area contributed by atoms with Crippen LogP contribution in [0.4, 0.5) is 0 Å². The van der Waals surface area contributed by atoms with E-state index in [1.165, 1.54) is 4.90 Å². The summed E-state index contributed by atoms with van der Waals surface area (Å²) in [6.45, 7) is 6.21. The maximum Gasteiger partial charge on any atom is 0.275 e. The Hall–Kier alpha value is -2.86. The number of amides is 2. The van der Waals surface area contributed by atoms with Crippen molar-refractivity contribution in [3.05, 3.63) is 60.2 Å². The Morgan fingerprint density at radius 1 is 1.03 bits per heavy atom. The van der Waals surface area contributed by atoms with Crippen molar-refractivity contribution in [2.75, 3.05) is 39.3 Å². The molecule has 1 aliphatic heterocycles. The summed E-state index contributed by atoms with van der Waals surface area (Å²) >= 11 is 0. The number of rotatable bonds is 8. The standard InChI is InChI=1S/C23H29N3O3/c1-2-3-12-24-22(27)18-25-13-15-26(16-14-25)23(28)19-8-7-11-21(17-19)29-20-9-5-4-6-10-20/h4-11,17H,2-3,12-16,18H2,1H3,(H,24,27)/p+1. The molecule has 1 saturated heterocycles. The monoisotopic (exact) mass is 396 g/mol. The number of benzene rings is 2. The highest BCUT2D eigenvalue weighted by Gasteiger charge is 2.26. The van der Waals surface area contributed by atoms with E-state index in [-0.39, 0.29) is 11.8 Å². The Bertz CT molecular complexity index is 802. The molecule has 29 heavy (non-hydrogen) atoms. The molecule has 0 atom stereocenters. The van der Waals surface area contributed by atoms with Crippen LogP contribution in [-0.4, -0.2) is 56.0 Å². The third kappa shape index (κ3) is 6.32. The second kappa shape index (κ2) is 10.6. The molecular weight excluding hydrogens is 366 g/mol. The molecule has 0 aromatic heterocycles. The molecule has 0 radical (unpaired) electrons. The van der Waals surface area contributed by atoms with E-state index in [0.29, 0.717) is 30.9 Å². The fraction of sp³-hybridized carbons (Fsp3) is 0.391. The number of quaternary nitrogens is 1. The van der Waals surface area contributed by atoms with E-state index in [4.69, 9.17) is 4.74 Å². The van der Waals surface area contributed by atoms with Gasteiger partial charge in [0, 0.05) is 12.1 Å². The first kappa shape index (κ1) is 20.9. The lowest BCUT2D eigenvalue weighted by Gasteiger charge is -2.32. The van der Waals surface area contributed by atoms with Crippen LogP contribution in [0, 0.1) is 0 Å². The number of nitrogens with zero attached hydrogens (tertiary/aromatic N) is 1. The Balaban J connectivity index is 1.50. The van der Waals surface area contributed by atoms with E-state index in [0.717, 1.165) is 38.2 Å². The van der Waals surface area contributed by atoms with Crippen LogP contribution < -0.4 is 15.0 Å². The highest BCUT2D eigenvalue weighted by molar-refractivity contribution is 5.94. The normalized spacial score (nSPS) is 14.4. The maximum atomic E-state index is 12.9. The molecule has 6 heteroatoms. The predicted molar refractivity (Wildman–Crippen MR) is 112 cm³/mol. The molecule has 0 spiro atoms. The molecule has 0 aliphatic carbocycles. The smallest absolute Gasteiger partial charge is 0.275 e. The van der Waals surface area contributed by atoms with Gasteiger partial charge >= 0.3 is 0 Å². The van der Waals surface area contributed by atoms with E-state index in [1.54, 1.807) is 6.07 Å². The van der Waals surface area contributed by atoms with Crippen LogP contribution in [0.1, 0.15) is 30.1 Å².